The van der Waals surface area contributed by atoms with Crippen molar-refractivity contribution in [3.8, 4) is 0 Å². The summed E-state index contributed by atoms with van der Waals surface area (Å²) in [7, 11) is -1.98. The van der Waals surface area contributed by atoms with Gasteiger partial charge in [0.15, 0.2) is 9.87 Å². The van der Waals surface area contributed by atoms with Crippen LogP contribution in [0.15, 0.2) is 12.3 Å². The van der Waals surface area contributed by atoms with E-state index < -0.39 is 9.87 Å². The van der Waals surface area contributed by atoms with Gasteiger partial charge in [-0.3, -0.25) is 4.72 Å². The summed E-state index contributed by atoms with van der Waals surface area (Å²) < 4.78 is 23.1. The lowest BCUT2D eigenvalue weighted by Gasteiger charge is -2.02. The molecule has 0 heterocycles. The molecule has 0 bridgehead atoms. The van der Waals surface area contributed by atoms with Crippen LogP contribution in [0.2, 0.25) is 0 Å². The highest BCUT2D eigenvalue weighted by molar-refractivity contribution is 8.10. The zero-order valence-electron chi connectivity index (χ0n) is 5.64. The van der Waals surface area contributed by atoms with Crippen molar-refractivity contribution >= 4 is 17.0 Å². The molecule has 0 saturated carbocycles. The lowest BCUT2D eigenvalue weighted by atomic mass is 10.4. The van der Waals surface area contributed by atoms with Crippen LogP contribution in [0.3, 0.4) is 0 Å². The van der Waals surface area contributed by atoms with Crippen molar-refractivity contribution in [2.24, 2.45) is 0 Å². The molecule has 0 atom stereocenters. The Morgan fingerprint density at radius 1 is 1.78 bits per heavy atom. The molecular formula is C4H10BNO2S. The van der Waals surface area contributed by atoms with Gasteiger partial charge in [0, 0.05) is 5.70 Å². The highest BCUT2D eigenvalue weighted by Crippen LogP contribution is 1.90. The fraction of sp³-hybridized carbons (Fsp3) is 0.500. The molecule has 0 aliphatic rings. The highest BCUT2D eigenvalue weighted by Gasteiger charge is 1.98. The zero-order chi connectivity index (χ0) is 7.49. The van der Waals surface area contributed by atoms with E-state index in [4.69, 9.17) is 0 Å². The van der Waals surface area contributed by atoms with Gasteiger partial charge in [-0.25, -0.2) is 8.42 Å². The van der Waals surface area contributed by atoms with Crippen LogP contribution in [-0.4, -0.2) is 15.5 Å². The molecule has 9 heavy (non-hydrogen) atoms. The molecule has 0 unspecified atom stereocenters. The van der Waals surface area contributed by atoms with E-state index >= 15 is 0 Å². The van der Waals surface area contributed by atoms with Crippen LogP contribution in [0.4, 0.5) is 0 Å². The molecule has 0 aromatic carbocycles. The maximum Gasteiger partial charge on any atom is 0.282 e. The normalized spacial score (nSPS) is 10.8. The highest BCUT2D eigenvalue weighted by atomic mass is 32.2. The first-order chi connectivity index (χ1) is 3.95. The van der Waals surface area contributed by atoms with Gasteiger partial charge < -0.3 is 0 Å². The predicted octanol–water partition coefficient (Wildman–Crippen LogP) is -0.622. The van der Waals surface area contributed by atoms with Gasteiger partial charge in [-0.1, -0.05) is 13.5 Å². The minimum Gasteiger partial charge on any atom is -0.298 e. The van der Waals surface area contributed by atoms with Gasteiger partial charge in [0.1, 0.15) is 0 Å². The van der Waals surface area contributed by atoms with Gasteiger partial charge >= 0.3 is 0 Å². The second-order valence-corrected chi connectivity index (χ2v) is 3.58. The standard InChI is InChI=1S/C4H10BNO2S/c1-3-4(2)6-9(5,7)8/h6H,2-3,5H2,1H3. The van der Waals surface area contributed by atoms with Crippen LogP contribution in [0.25, 0.3) is 0 Å². The first-order valence-electron chi connectivity index (χ1n) is 2.61. The Bertz CT molecular complexity index is 197. The summed E-state index contributed by atoms with van der Waals surface area (Å²) in [4.78, 5) is 0. The van der Waals surface area contributed by atoms with Gasteiger partial charge in [-0.15, -0.1) is 0 Å². The minimum atomic E-state index is -3.09. The van der Waals surface area contributed by atoms with Crippen molar-refractivity contribution in [2.75, 3.05) is 0 Å². The van der Waals surface area contributed by atoms with Crippen molar-refractivity contribution in [1.29, 1.82) is 0 Å². The average molecular weight is 147 g/mol. The summed E-state index contributed by atoms with van der Waals surface area (Å²) in [6.07, 6.45) is 0.632. The van der Waals surface area contributed by atoms with E-state index in [0.717, 1.165) is 7.12 Å². The van der Waals surface area contributed by atoms with Gasteiger partial charge in [-0.05, 0) is 6.42 Å². The Morgan fingerprint density at radius 2 is 2.22 bits per heavy atom. The number of hydrogen-bond acceptors (Lipinski definition) is 2. The molecule has 52 valence electrons. The van der Waals surface area contributed by atoms with E-state index in [1.807, 2.05) is 6.92 Å². The molecule has 0 aliphatic carbocycles. The molecule has 0 amide bonds. The second-order valence-electron chi connectivity index (χ2n) is 1.83. The smallest absolute Gasteiger partial charge is 0.282 e. The van der Waals surface area contributed by atoms with E-state index in [1.165, 1.54) is 0 Å². The molecule has 0 radical (unpaired) electrons. The molecular weight excluding hydrogens is 137 g/mol. The monoisotopic (exact) mass is 147 g/mol. The van der Waals surface area contributed by atoms with Crippen molar-refractivity contribution < 1.29 is 8.42 Å². The summed E-state index contributed by atoms with van der Waals surface area (Å²) in [5.41, 5.74) is 0.525. The zero-order valence-corrected chi connectivity index (χ0v) is 6.46. The Balaban J connectivity index is 3.91. The number of hydrogen-bond donors (Lipinski definition) is 1. The van der Waals surface area contributed by atoms with Crippen LogP contribution in [0, 0.1) is 0 Å². The minimum absolute atomic E-state index is 0.525. The van der Waals surface area contributed by atoms with E-state index in [-0.39, 0.29) is 0 Å². The maximum absolute atomic E-state index is 10.4. The molecule has 0 aromatic rings. The molecule has 0 aliphatic heterocycles. The molecule has 0 spiro atoms. The lowest BCUT2D eigenvalue weighted by Crippen LogP contribution is -2.21. The van der Waals surface area contributed by atoms with Gasteiger partial charge in [0.25, 0.3) is 7.12 Å². The second kappa shape index (κ2) is 2.91. The van der Waals surface area contributed by atoms with Crippen molar-refractivity contribution in [3.63, 3.8) is 0 Å². The van der Waals surface area contributed by atoms with Gasteiger partial charge in [-0.2, -0.15) is 0 Å². The van der Waals surface area contributed by atoms with Crippen molar-refractivity contribution in [1.82, 2.24) is 4.72 Å². The van der Waals surface area contributed by atoms with E-state index in [1.54, 1.807) is 0 Å². The summed E-state index contributed by atoms with van der Waals surface area (Å²) in [5, 5.41) is 0. The Morgan fingerprint density at radius 3 is 2.33 bits per heavy atom. The third-order valence-corrected chi connectivity index (χ3v) is 1.42. The largest absolute Gasteiger partial charge is 0.298 e. The summed E-state index contributed by atoms with van der Waals surface area (Å²) >= 11 is 0. The molecule has 1 N–H and O–H groups in total. The molecule has 0 aromatic heterocycles. The third-order valence-electron chi connectivity index (χ3n) is 0.757. The van der Waals surface area contributed by atoms with E-state index in [0.29, 0.717) is 12.1 Å². The van der Waals surface area contributed by atoms with Crippen LogP contribution in [0.1, 0.15) is 13.3 Å². The SMILES string of the molecule is BS(=O)(=O)NC(=C)CC. The molecule has 5 heteroatoms. The Kier molecular flexibility index (Phi) is 2.77. The van der Waals surface area contributed by atoms with Crippen molar-refractivity contribution in [3.05, 3.63) is 12.3 Å². The van der Waals surface area contributed by atoms with E-state index in [2.05, 4.69) is 11.3 Å². The Hall–Kier alpha value is -0.445. The first kappa shape index (κ1) is 8.55. The molecule has 0 rings (SSSR count). The van der Waals surface area contributed by atoms with Crippen LogP contribution in [0.5, 0.6) is 0 Å². The quantitative estimate of drug-likeness (QED) is 0.540. The summed E-state index contributed by atoms with van der Waals surface area (Å²) in [5.74, 6) is 0. The predicted molar refractivity (Wildman–Crippen MR) is 40.0 cm³/mol. The number of rotatable bonds is 3. The van der Waals surface area contributed by atoms with Crippen LogP contribution < -0.4 is 4.72 Å². The molecule has 0 fully saturated rings. The van der Waals surface area contributed by atoms with E-state index in [9.17, 15) is 8.42 Å². The lowest BCUT2D eigenvalue weighted by molar-refractivity contribution is 0.602. The first-order valence-corrected chi connectivity index (χ1v) is 4.50. The fourth-order valence-electron chi connectivity index (χ4n) is 0.334. The fourth-order valence-corrected chi connectivity index (χ4v) is 1.00. The van der Waals surface area contributed by atoms with Gasteiger partial charge in [0.2, 0.25) is 0 Å². The topological polar surface area (TPSA) is 46.2 Å². The summed E-state index contributed by atoms with van der Waals surface area (Å²) in [6, 6.07) is 0. The van der Waals surface area contributed by atoms with Crippen molar-refractivity contribution in [2.45, 2.75) is 13.3 Å². The Labute approximate surface area is 56.5 Å². The van der Waals surface area contributed by atoms with Crippen LogP contribution in [-0.2, 0) is 9.87 Å². The third kappa shape index (κ3) is 5.43. The van der Waals surface area contributed by atoms with Crippen LogP contribution >= 0.6 is 0 Å². The average Bonchev–Trinajstić information content (AvgIpc) is 1.62. The number of nitrogens with one attached hydrogen (secondary N) is 1. The summed E-state index contributed by atoms with van der Waals surface area (Å²) in [6.45, 7) is 5.30. The molecule has 0 saturated heterocycles. The number of allylic oxidation sites excluding steroid dienone is 1. The van der Waals surface area contributed by atoms with Gasteiger partial charge in [0.05, 0.1) is 0 Å². The maximum atomic E-state index is 10.4. The molecule has 3 nitrogen and oxygen atoms in total.